The minimum Gasteiger partial charge on any atom is -0.310 e. The number of rotatable bonds is 5. The first kappa shape index (κ1) is 14.9. The summed E-state index contributed by atoms with van der Waals surface area (Å²) in [5.41, 5.74) is 2.33. The summed E-state index contributed by atoms with van der Waals surface area (Å²) in [5.74, 6) is 3.23. The van der Waals surface area contributed by atoms with E-state index in [1.165, 1.54) is 29.9 Å². The van der Waals surface area contributed by atoms with Gasteiger partial charge in [-0.25, -0.2) is 4.39 Å². The molecule has 1 heterocycles. The van der Waals surface area contributed by atoms with E-state index in [1.54, 1.807) is 12.1 Å². The maximum atomic E-state index is 13.5. The molecule has 1 nitrogen and oxygen atoms in total. The van der Waals surface area contributed by atoms with Crippen LogP contribution in [0.1, 0.15) is 43.4 Å². The van der Waals surface area contributed by atoms with Gasteiger partial charge in [-0.15, -0.1) is 0 Å². The number of nitrogens with one attached hydrogen (secondary N) is 1. The van der Waals surface area contributed by atoms with Crippen LogP contribution < -0.4 is 5.32 Å². The lowest BCUT2D eigenvalue weighted by molar-refractivity contribution is 0.373. The highest BCUT2D eigenvalue weighted by atomic mass is 32.2. The van der Waals surface area contributed by atoms with Gasteiger partial charge >= 0.3 is 0 Å². The van der Waals surface area contributed by atoms with Gasteiger partial charge in [0.2, 0.25) is 0 Å². The third-order valence-electron chi connectivity index (χ3n) is 3.98. The van der Waals surface area contributed by atoms with Crippen LogP contribution >= 0.6 is 11.8 Å². The normalized spacial score (nSPS) is 18.5. The molecule has 106 valence electrons. The molecular weight excluding hydrogens is 257 g/mol. The lowest BCUT2D eigenvalue weighted by Crippen LogP contribution is -2.25. The van der Waals surface area contributed by atoms with E-state index in [1.807, 2.05) is 6.07 Å². The highest BCUT2D eigenvalue weighted by Gasteiger charge is 2.21. The van der Waals surface area contributed by atoms with E-state index < -0.39 is 0 Å². The zero-order valence-electron chi connectivity index (χ0n) is 11.9. The molecule has 0 spiro atoms. The molecule has 0 amide bonds. The Balaban J connectivity index is 2.11. The fourth-order valence-electron chi connectivity index (χ4n) is 2.87. The van der Waals surface area contributed by atoms with Crippen molar-refractivity contribution in [1.29, 1.82) is 0 Å². The van der Waals surface area contributed by atoms with Crippen LogP contribution in [0.2, 0.25) is 0 Å². The summed E-state index contributed by atoms with van der Waals surface area (Å²) >= 11 is 2.06. The zero-order valence-corrected chi connectivity index (χ0v) is 12.7. The molecule has 1 aromatic carbocycles. The third-order valence-corrected chi connectivity index (χ3v) is 5.03. The predicted octanol–water partition coefficient (Wildman–Crippen LogP) is 4.32. The van der Waals surface area contributed by atoms with Crippen LogP contribution in [0.25, 0.3) is 0 Å². The first-order chi connectivity index (χ1) is 9.20. The van der Waals surface area contributed by atoms with Crippen molar-refractivity contribution in [3.63, 3.8) is 0 Å². The van der Waals surface area contributed by atoms with E-state index in [9.17, 15) is 4.39 Å². The van der Waals surface area contributed by atoms with E-state index in [0.717, 1.165) is 24.4 Å². The Kier molecular flexibility index (Phi) is 5.71. The van der Waals surface area contributed by atoms with E-state index in [2.05, 4.69) is 30.9 Å². The van der Waals surface area contributed by atoms with Crippen LogP contribution in [0.4, 0.5) is 4.39 Å². The van der Waals surface area contributed by atoms with Crippen LogP contribution in [-0.2, 0) is 0 Å². The summed E-state index contributed by atoms with van der Waals surface area (Å²) in [4.78, 5) is 0. The molecule has 0 bridgehead atoms. The van der Waals surface area contributed by atoms with Crippen molar-refractivity contribution in [1.82, 2.24) is 5.32 Å². The highest BCUT2D eigenvalue weighted by molar-refractivity contribution is 7.99. The highest BCUT2D eigenvalue weighted by Crippen LogP contribution is 2.32. The molecule has 3 heteroatoms. The number of thioether (sulfide) groups is 1. The van der Waals surface area contributed by atoms with Gasteiger partial charge in [-0.05, 0) is 73.4 Å². The van der Waals surface area contributed by atoms with Crippen LogP contribution in [0.5, 0.6) is 0 Å². The number of hydrogen-bond acceptors (Lipinski definition) is 2. The summed E-state index contributed by atoms with van der Waals surface area (Å²) in [6.07, 6.45) is 3.75. The Morgan fingerprint density at radius 3 is 2.79 bits per heavy atom. The summed E-state index contributed by atoms with van der Waals surface area (Å²) in [7, 11) is 0. The Bertz CT molecular complexity index is 402. The van der Waals surface area contributed by atoms with Gasteiger partial charge < -0.3 is 5.32 Å². The summed E-state index contributed by atoms with van der Waals surface area (Å²) in [6.45, 7) is 5.14. The molecule has 2 rings (SSSR count). The summed E-state index contributed by atoms with van der Waals surface area (Å²) < 4.78 is 13.5. The number of halogens is 1. The van der Waals surface area contributed by atoms with E-state index >= 15 is 0 Å². The molecule has 0 saturated carbocycles. The standard InChI is InChI=1S/C16H24FNS/c1-3-18-16(10-13-6-8-19-9-7-13)15-11-14(17)5-4-12(15)2/h4-5,11,13,16,18H,3,6-10H2,1-2H3. The fraction of sp³-hybridized carbons (Fsp3) is 0.625. The maximum Gasteiger partial charge on any atom is 0.123 e. The van der Waals surface area contributed by atoms with Gasteiger partial charge in [0.05, 0.1) is 0 Å². The molecule has 0 aliphatic carbocycles. The second-order valence-electron chi connectivity index (χ2n) is 5.40. The minimum atomic E-state index is -0.122. The largest absolute Gasteiger partial charge is 0.310 e. The molecule has 0 aromatic heterocycles. The average Bonchev–Trinajstić information content (AvgIpc) is 2.42. The summed E-state index contributed by atoms with van der Waals surface area (Å²) in [5, 5.41) is 3.54. The average molecular weight is 281 g/mol. The SMILES string of the molecule is CCNC(CC1CCSCC1)c1cc(F)ccc1C. The molecule has 1 unspecified atom stereocenters. The summed E-state index contributed by atoms with van der Waals surface area (Å²) in [6, 6.07) is 5.46. The van der Waals surface area contributed by atoms with Crippen molar-refractivity contribution >= 4 is 11.8 Å². The van der Waals surface area contributed by atoms with Gasteiger partial charge in [-0.1, -0.05) is 13.0 Å². The van der Waals surface area contributed by atoms with Gasteiger partial charge in [0.15, 0.2) is 0 Å². The Morgan fingerprint density at radius 2 is 2.11 bits per heavy atom. The van der Waals surface area contributed by atoms with Crippen LogP contribution in [0.15, 0.2) is 18.2 Å². The van der Waals surface area contributed by atoms with Gasteiger partial charge in [0.1, 0.15) is 5.82 Å². The monoisotopic (exact) mass is 281 g/mol. The predicted molar refractivity (Wildman–Crippen MR) is 82.2 cm³/mol. The lowest BCUT2D eigenvalue weighted by atomic mass is 9.89. The Hall–Kier alpha value is -0.540. The fourth-order valence-corrected chi connectivity index (χ4v) is 4.07. The quantitative estimate of drug-likeness (QED) is 0.862. The molecule has 1 fully saturated rings. The van der Waals surface area contributed by atoms with Gasteiger partial charge in [-0.3, -0.25) is 0 Å². The van der Waals surface area contributed by atoms with Crippen molar-refractivity contribution in [2.45, 2.75) is 39.2 Å². The lowest BCUT2D eigenvalue weighted by Gasteiger charge is -2.28. The molecule has 1 aliphatic rings. The number of benzene rings is 1. The Morgan fingerprint density at radius 1 is 1.37 bits per heavy atom. The van der Waals surface area contributed by atoms with Crippen molar-refractivity contribution < 1.29 is 4.39 Å². The van der Waals surface area contributed by atoms with Gasteiger partial charge in [0.25, 0.3) is 0 Å². The van der Waals surface area contributed by atoms with Crippen molar-refractivity contribution in [2.75, 3.05) is 18.1 Å². The van der Waals surface area contributed by atoms with Crippen LogP contribution in [-0.4, -0.2) is 18.1 Å². The first-order valence-corrected chi connectivity index (χ1v) is 8.43. The van der Waals surface area contributed by atoms with Gasteiger partial charge in [-0.2, -0.15) is 11.8 Å². The molecule has 1 aromatic rings. The molecule has 1 atom stereocenters. The number of aryl methyl sites for hydroxylation is 1. The van der Waals surface area contributed by atoms with E-state index in [0.29, 0.717) is 6.04 Å². The maximum absolute atomic E-state index is 13.5. The van der Waals surface area contributed by atoms with Gasteiger partial charge in [0, 0.05) is 6.04 Å². The van der Waals surface area contributed by atoms with Crippen LogP contribution in [0.3, 0.4) is 0 Å². The molecular formula is C16H24FNS. The topological polar surface area (TPSA) is 12.0 Å². The first-order valence-electron chi connectivity index (χ1n) is 7.28. The van der Waals surface area contributed by atoms with E-state index in [4.69, 9.17) is 0 Å². The Labute approximate surface area is 120 Å². The zero-order chi connectivity index (χ0) is 13.7. The van der Waals surface area contributed by atoms with Crippen molar-refractivity contribution in [2.24, 2.45) is 5.92 Å². The van der Waals surface area contributed by atoms with Crippen molar-refractivity contribution in [3.8, 4) is 0 Å². The van der Waals surface area contributed by atoms with E-state index in [-0.39, 0.29) is 5.82 Å². The minimum absolute atomic E-state index is 0.122. The third kappa shape index (κ3) is 4.22. The second-order valence-corrected chi connectivity index (χ2v) is 6.63. The molecule has 19 heavy (non-hydrogen) atoms. The smallest absolute Gasteiger partial charge is 0.123 e. The molecule has 1 N–H and O–H groups in total. The molecule has 0 radical (unpaired) electrons. The van der Waals surface area contributed by atoms with Crippen molar-refractivity contribution in [3.05, 3.63) is 35.1 Å². The second kappa shape index (κ2) is 7.30. The number of hydrogen-bond donors (Lipinski definition) is 1. The molecule has 1 aliphatic heterocycles. The molecule has 1 saturated heterocycles. The van der Waals surface area contributed by atoms with Crippen LogP contribution in [0, 0.1) is 18.7 Å².